The third-order valence-electron chi connectivity index (χ3n) is 3.43. The van der Waals surface area contributed by atoms with Gasteiger partial charge in [0.05, 0.1) is 6.10 Å². The van der Waals surface area contributed by atoms with E-state index >= 15 is 0 Å². The van der Waals surface area contributed by atoms with E-state index in [1.165, 1.54) is 18.4 Å². The molecule has 1 aromatic rings. The third-order valence-corrected chi connectivity index (χ3v) is 3.43. The highest BCUT2D eigenvalue weighted by Gasteiger charge is 2.14. The molecule has 1 atom stereocenters. The van der Waals surface area contributed by atoms with Gasteiger partial charge < -0.3 is 14.8 Å². The van der Waals surface area contributed by atoms with Crippen LogP contribution < -0.4 is 10.1 Å². The van der Waals surface area contributed by atoms with Crippen molar-refractivity contribution in [1.82, 2.24) is 5.32 Å². The number of hydrogen-bond donors (Lipinski definition) is 1. The highest BCUT2D eigenvalue weighted by Crippen LogP contribution is 2.17. The highest BCUT2D eigenvalue weighted by atomic mass is 16.5. The molecule has 1 aliphatic rings. The lowest BCUT2D eigenvalue weighted by Gasteiger charge is -2.23. The lowest BCUT2D eigenvalue weighted by atomic mass is 10.1. The maximum Gasteiger partial charge on any atom is 0.119 e. The Morgan fingerprint density at radius 1 is 1.30 bits per heavy atom. The average Bonchev–Trinajstić information content (AvgIpc) is 2.44. The predicted octanol–water partition coefficient (Wildman–Crippen LogP) is 3.52. The fourth-order valence-electron chi connectivity index (χ4n) is 2.24. The summed E-state index contributed by atoms with van der Waals surface area (Å²) in [7, 11) is 0. The van der Waals surface area contributed by atoms with Gasteiger partial charge in [0.15, 0.2) is 0 Å². The summed E-state index contributed by atoms with van der Waals surface area (Å²) in [6.45, 7) is 8.93. The second kappa shape index (κ2) is 7.09. The van der Waals surface area contributed by atoms with E-state index in [1.807, 2.05) is 6.07 Å². The van der Waals surface area contributed by atoms with Crippen molar-refractivity contribution in [1.29, 1.82) is 0 Å². The Morgan fingerprint density at radius 3 is 2.85 bits per heavy atom. The van der Waals surface area contributed by atoms with Gasteiger partial charge in [0.2, 0.25) is 0 Å². The van der Waals surface area contributed by atoms with Crippen LogP contribution in [0, 0.1) is 0 Å². The van der Waals surface area contributed by atoms with E-state index in [0.717, 1.165) is 25.3 Å². The second-order valence-electron chi connectivity index (χ2n) is 6.55. The Labute approximate surface area is 122 Å². The Balaban J connectivity index is 1.82. The van der Waals surface area contributed by atoms with Crippen LogP contribution in [-0.2, 0) is 11.3 Å². The largest absolute Gasteiger partial charge is 0.491 e. The first-order chi connectivity index (χ1) is 9.53. The van der Waals surface area contributed by atoms with Gasteiger partial charge in [-0.05, 0) is 57.7 Å². The number of hydrogen-bond acceptors (Lipinski definition) is 3. The van der Waals surface area contributed by atoms with E-state index in [0.29, 0.717) is 6.61 Å². The molecule has 1 saturated heterocycles. The van der Waals surface area contributed by atoms with Gasteiger partial charge in [-0.1, -0.05) is 12.1 Å². The highest BCUT2D eigenvalue weighted by molar-refractivity contribution is 5.28. The summed E-state index contributed by atoms with van der Waals surface area (Å²) in [4.78, 5) is 0. The summed E-state index contributed by atoms with van der Waals surface area (Å²) in [5, 5.41) is 3.49. The molecule has 1 aromatic carbocycles. The molecule has 112 valence electrons. The maximum absolute atomic E-state index is 5.87. The summed E-state index contributed by atoms with van der Waals surface area (Å²) in [5.74, 6) is 0.937. The molecule has 1 N–H and O–H groups in total. The van der Waals surface area contributed by atoms with Crippen molar-refractivity contribution in [2.45, 2.75) is 58.2 Å². The zero-order valence-corrected chi connectivity index (χ0v) is 12.9. The predicted molar refractivity (Wildman–Crippen MR) is 82.1 cm³/mol. The molecule has 20 heavy (non-hydrogen) atoms. The van der Waals surface area contributed by atoms with Crippen LogP contribution in [-0.4, -0.2) is 24.9 Å². The molecule has 0 bridgehead atoms. The second-order valence-corrected chi connectivity index (χ2v) is 6.55. The Bertz CT molecular complexity index is 406. The molecule has 1 unspecified atom stereocenters. The minimum atomic E-state index is 0.132. The summed E-state index contributed by atoms with van der Waals surface area (Å²) >= 11 is 0. The van der Waals surface area contributed by atoms with Crippen LogP contribution in [0.2, 0.25) is 0 Å². The van der Waals surface area contributed by atoms with Crippen LogP contribution in [0.25, 0.3) is 0 Å². The molecule has 1 heterocycles. The monoisotopic (exact) mass is 277 g/mol. The number of ether oxygens (including phenoxy) is 2. The third kappa shape index (κ3) is 5.51. The first-order valence-electron chi connectivity index (χ1n) is 7.61. The van der Waals surface area contributed by atoms with Gasteiger partial charge in [-0.2, -0.15) is 0 Å². The Hall–Kier alpha value is -1.06. The van der Waals surface area contributed by atoms with Gasteiger partial charge in [0, 0.05) is 18.7 Å². The number of benzene rings is 1. The van der Waals surface area contributed by atoms with Crippen molar-refractivity contribution >= 4 is 0 Å². The smallest absolute Gasteiger partial charge is 0.119 e. The van der Waals surface area contributed by atoms with Crippen molar-refractivity contribution < 1.29 is 9.47 Å². The van der Waals surface area contributed by atoms with Crippen LogP contribution in [0.5, 0.6) is 5.75 Å². The van der Waals surface area contributed by atoms with E-state index < -0.39 is 0 Å². The summed E-state index contributed by atoms with van der Waals surface area (Å²) in [5.41, 5.74) is 1.38. The molecule has 0 saturated carbocycles. The van der Waals surface area contributed by atoms with Gasteiger partial charge in [0.25, 0.3) is 0 Å². The molecule has 0 radical (unpaired) electrons. The number of rotatable bonds is 5. The van der Waals surface area contributed by atoms with Gasteiger partial charge in [-0.15, -0.1) is 0 Å². The zero-order valence-electron chi connectivity index (χ0n) is 12.9. The van der Waals surface area contributed by atoms with Crippen LogP contribution >= 0.6 is 0 Å². The van der Waals surface area contributed by atoms with Crippen molar-refractivity contribution in [3.63, 3.8) is 0 Å². The number of nitrogens with one attached hydrogen (secondary N) is 1. The Kier molecular flexibility index (Phi) is 5.44. The van der Waals surface area contributed by atoms with E-state index in [9.17, 15) is 0 Å². The van der Waals surface area contributed by atoms with Crippen LogP contribution in [0.1, 0.15) is 45.6 Å². The summed E-state index contributed by atoms with van der Waals surface area (Å²) in [6, 6.07) is 8.31. The van der Waals surface area contributed by atoms with E-state index in [4.69, 9.17) is 9.47 Å². The standard InChI is InChI=1S/C17H27NO2/c1-17(2,3)18-12-14-7-6-9-15(11-14)20-13-16-8-4-5-10-19-16/h6-7,9,11,16,18H,4-5,8,10,12-13H2,1-3H3. The molecule has 0 amide bonds. The van der Waals surface area contributed by atoms with Crippen LogP contribution in [0.15, 0.2) is 24.3 Å². The van der Waals surface area contributed by atoms with Crippen LogP contribution in [0.4, 0.5) is 0 Å². The first-order valence-corrected chi connectivity index (χ1v) is 7.61. The molecule has 0 aromatic heterocycles. The van der Waals surface area contributed by atoms with Gasteiger partial charge in [0.1, 0.15) is 12.4 Å². The van der Waals surface area contributed by atoms with Crippen molar-refractivity contribution in [2.24, 2.45) is 0 Å². The summed E-state index contributed by atoms with van der Waals surface area (Å²) < 4.78 is 11.6. The van der Waals surface area contributed by atoms with E-state index in [-0.39, 0.29) is 11.6 Å². The van der Waals surface area contributed by atoms with Crippen molar-refractivity contribution in [2.75, 3.05) is 13.2 Å². The lowest BCUT2D eigenvalue weighted by Crippen LogP contribution is -2.35. The molecule has 2 rings (SSSR count). The minimum Gasteiger partial charge on any atom is -0.491 e. The molecule has 1 fully saturated rings. The minimum absolute atomic E-state index is 0.132. The van der Waals surface area contributed by atoms with Gasteiger partial charge >= 0.3 is 0 Å². The van der Waals surface area contributed by atoms with Crippen molar-refractivity contribution in [3.05, 3.63) is 29.8 Å². The van der Waals surface area contributed by atoms with Gasteiger partial charge in [-0.3, -0.25) is 0 Å². The SMILES string of the molecule is CC(C)(C)NCc1cccc(OCC2CCCCO2)c1. The van der Waals surface area contributed by atoms with Crippen molar-refractivity contribution in [3.8, 4) is 5.75 Å². The molecule has 3 nitrogen and oxygen atoms in total. The summed E-state index contributed by atoms with van der Waals surface area (Å²) in [6.07, 6.45) is 3.82. The van der Waals surface area contributed by atoms with Crippen LogP contribution in [0.3, 0.4) is 0 Å². The molecule has 3 heteroatoms. The van der Waals surface area contributed by atoms with E-state index in [1.54, 1.807) is 0 Å². The molecular formula is C17H27NO2. The molecular weight excluding hydrogens is 250 g/mol. The molecule has 0 spiro atoms. The molecule has 1 aliphatic heterocycles. The fraction of sp³-hybridized carbons (Fsp3) is 0.647. The normalized spacial score (nSPS) is 19.9. The maximum atomic E-state index is 5.87. The fourth-order valence-corrected chi connectivity index (χ4v) is 2.24. The lowest BCUT2D eigenvalue weighted by molar-refractivity contribution is -0.0110. The Morgan fingerprint density at radius 2 is 2.15 bits per heavy atom. The first kappa shape index (κ1) is 15.3. The van der Waals surface area contributed by atoms with Gasteiger partial charge in [-0.25, -0.2) is 0 Å². The zero-order chi connectivity index (χ0) is 14.4. The quantitative estimate of drug-likeness (QED) is 0.893. The molecule has 0 aliphatic carbocycles. The van der Waals surface area contributed by atoms with E-state index in [2.05, 4.69) is 44.3 Å². The average molecular weight is 277 g/mol. The topological polar surface area (TPSA) is 30.5 Å².